The molecule has 0 bridgehead atoms. The van der Waals surface area contributed by atoms with Crippen LogP contribution in [0.15, 0.2) is 29.4 Å². The first kappa shape index (κ1) is 21.1. The molecule has 1 aliphatic rings. The summed E-state index contributed by atoms with van der Waals surface area (Å²) in [6.07, 6.45) is -0.454. The molecule has 1 saturated carbocycles. The van der Waals surface area contributed by atoms with Gasteiger partial charge in [-0.15, -0.1) is 5.10 Å². The van der Waals surface area contributed by atoms with E-state index in [9.17, 15) is 18.0 Å². The number of nitrogens with zero attached hydrogens (tertiary/aromatic N) is 6. The zero-order valence-corrected chi connectivity index (χ0v) is 16.3. The van der Waals surface area contributed by atoms with Gasteiger partial charge in [0.05, 0.1) is 23.4 Å². The van der Waals surface area contributed by atoms with Gasteiger partial charge in [0.2, 0.25) is 11.1 Å². The molecule has 2 aromatic rings. The fourth-order valence-electron chi connectivity index (χ4n) is 3.23. The number of benzene rings is 1. The number of tetrazole rings is 1. The molecular weight excluding hydrogens is 405 g/mol. The van der Waals surface area contributed by atoms with Gasteiger partial charge in [-0.1, -0.05) is 36.7 Å². The number of nitriles is 1. The third kappa shape index (κ3) is 5.93. The molecule has 0 radical (unpaired) electrons. The van der Waals surface area contributed by atoms with Gasteiger partial charge in [0.15, 0.2) is 0 Å². The van der Waals surface area contributed by atoms with Crippen molar-refractivity contribution < 1.29 is 18.0 Å². The Morgan fingerprint density at radius 2 is 1.97 bits per heavy atom. The third-order valence-electron chi connectivity index (χ3n) is 4.64. The zero-order valence-electron chi connectivity index (χ0n) is 15.5. The van der Waals surface area contributed by atoms with Crippen LogP contribution in [0, 0.1) is 11.3 Å². The SMILES string of the molecule is N#Cc1ccc(CN(CC(F)(F)F)C(=O)CSc2nnnn2C2CCCC2)cc1. The van der Waals surface area contributed by atoms with Crippen molar-refractivity contribution in [2.75, 3.05) is 12.3 Å². The van der Waals surface area contributed by atoms with Gasteiger partial charge in [-0.2, -0.15) is 18.4 Å². The van der Waals surface area contributed by atoms with Gasteiger partial charge < -0.3 is 4.90 Å². The summed E-state index contributed by atoms with van der Waals surface area (Å²) in [5.74, 6) is -0.850. The Kier molecular flexibility index (Phi) is 6.74. The Bertz CT molecular complexity index is 871. The molecule has 0 atom stereocenters. The lowest BCUT2D eigenvalue weighted by Gasteiger charge is -2.24. The molecule has 0 aliphatic heterocycles. The Morgan fingerprint density at radius 3 is 2.59 bits per heavy atom. The summed E-state index contributed by atoms with van der Waals surface area (Å²) in [6, 6.07) is 8.23. The maximum absolute atomic E-state index is 13.0. The Hall–Kier alpha value is -2.61. The predicted molar refractivity (Wildman–Crippen MR) is 98.7 cm³/mol. The topological polar surface area (TPSA) is 87.7 Å². The van der Waals surface area contributed by atoms with E-state index in [1.54, 1.807) is 16.8 Å². The van der Waals surface area contributed by atoms with E-state index in [0.717, 1.165) is 42.3 Å². The quantitative estimate of drug-likeness (QED) is 0.634. The van der Waals surface area contributed by atoms with Gasteiger partial charge >= 0.3 is 6.18 Å². The van der Waals surface area contributed by atoms with Crippen LogP contribution in [0.4, 0.5) is 13.2 Å². The molecule has 1 aromatic carbocycles. The van der Waals surface area contributed by atoms with E-state index in [1.807, 2.05) is 6.07 Å². The number of aromatic nitrogens is 4. The van der Waals surface area contributed by atoms with Crippen LogP contribution >= 0.6 is 11.8 Å². The van der Waals surface area contributed by atoms with Crippen molar-refractivity contribution in [1.29, 1.82) is 5.26 Å². The Morgan fingerprint density at radius 1 is 1.28 bits per heavy atom. The highest BCUT2D eigenvalue weighted by atomic mass is 32.2. The average molecular weight is 424 g/mol. The fraction of sp³-hybridized carbons (Fsp3) is 0.500. The molecule has 0 spiro atoms. The van der Waals surface area contributed by atoms with Crippen LogP contribution in [0.1, 0.15) is 42.9 Å². The second-order valence-electron chi connectivity index (χ2n) is 6.81. The van der Waals surface area contributed by atoms with Crippen molar-refractivity contribution in [2.24, 2.45) is 0 Å². The van der Waals surface area contributed by atoms with Crippen LogP contribution in [0.3, 0.4) is 0 Å². The van der Waals surface area contributed by atoms with Gasteiger partial charge in [0.1, 0.15) is 6.54 Å². The monoisotopic (exact) mass is 424 g/mol. The number of thioether (sulfide) groups is 1. The minimum Gasteiger partial charge on any atom is -0.329 e. The van der Waals surface area contributed by atoms with Crippen molar-refractivity contribution in [2.45, 2.75) is 49.6 Å². The van der Waals surface area contributed by atoms with Gasteiger partial charge in [0, 0.05) is 6.54 Å². The summed E-state index contributed by atoms with van der Waals surface area (Å²) in [4.78, 5) is 13.3. The van der Waals surface area contributed by atoms with E-state index in [2.05, 4.69) is 15.5 Å². The second-order valence-corrected chi connectivity index (χ2v) is 7.75. The number of rotatable bonds is 7. The van der Waals surface area contributed by atoms with Gasteiger partial charge in [-0.3, -0.25) is 4.79 Å². The lowest BCUT2D eigenvalue weighted by molar-refractivity contribution is -0.160. The molecule has 0 saturated heterocycles. The number of hydrogen-bond donors (Lipinski definition) is 0. The second kappa shape index (κ2) is 9.26. The summed E-state index contributed by atoms with van der Waals surface area (Å²) in [5.41, 5.74) is 0.916. The standard InChI is InChI=1S/C18H19F3N6OS/c19-18(20,21)12-26(10-14-7-5-13(9-22)6-8-14)16(28)11-29-17-23-24-25-27(17)15-3-1-2-4-15/h5-8,15H,1-4,10-12H2. The first-order valence-corrected chi connectivity index (χ1v) is 10.1. The van der Waals surface area contributed by atoms with Crippen molar-refractivity contribution in [3.63, 3.8) is 0 Å². The lowest BCUT2D eigenvalue weighted by atomic mass is 10.1. The molecule has 1 fully saturated rings. The summed E-state index contributed by atoms with van der Waals surface area (Å²) >= 11 is 1.04. The minimum absolute atomic E-state index is 0.174. The fourth-order valence-corrected chi connectivity index (χ4v) is 4.08. The summed E-state index contributed by atoms with van der Waals surface area (Å²) in [5, 5.41) is 20.8. The first-order chi connectivity index (χ1) is 13.9. The summed E-state index contributed by atoms with van der Waals surface area (Å²) in [6.45, 7) is -1.54. The molecular formula is C18H19F3N6OS. The normalized spacial score (nSPS) is 14.7. The minimum atomic E-state index is -4.52. The molecule has 7 nitrogen and oxygen atoms in total. The molecule has 1 heterocycles. The van der Waals surface area contributed by atoms with Crippen molar-refractivity contribution in [3.05, 3.63) is 35.4 Å². The van der Waals surface area contributed by atoms with Crippen LogP contribution in [0.25, 0.3) is 0 Å². The van der Waals surface area contributed by atoms with E-state index >= 15 is 0 Å². The van der Waals surface area contributed by atoms with Crippen LogP contribution in [0.5, 0.6) is 0 Å². The summed E-state index contributed by atoms with van der Waals surface area (Å²) < 4.78 is 40.6. The highest BCUT2D eigenvalue weighted by molar-refractivity contribution is 7.99. The lowest BCUT2D eigenvalue weighted by Crippen LogP contribution is -2.39. The highest BCUT2D eigenvalue weighted by Crippen LogP contribution is 2.31. The molecule has 3 rings (SSSR count). The number of carbonyl (C=O) groups is 1. The van der Waals surface area contributed by atoms with Crippen molar-refractivity contribution in [3.8, 4) is 6.07 Å². The van der Waals surface area contributed by atoms with E-state index < -0.39 is 18.6 Å². The van der Waals surface area contributed by atoms with Gasteiger partial charge in [0.25, 0.3) is 0 Å². The van der Waals surface area contributed by atoms with Crippen LogP contribution in [0.2, 0.25) is 0 Å². The largest absolute Gasteiger partial charge is 0.406 e. The van der Waals surface area contributed by atoms with Crippen molar-refractivity contribution in [1.82, 2.24) is 25.1 Å². The average Bonchev–Trinajstić information content (AvgIpc) is 3.36. The molecule has 0 N–H and O–H groups in total. The number of hydrogen-bond acceptors (Lipinski definition) is 6. The maximum Gasteiger partial charge on any atom is 0.406 e. The van der Waals surface area contributed by atoms with E-state index in [1.165, 1.54) is 12.1 Å². The van der Waals surface area contributed by atoms with E-state index in [4.69, 9.17) is 5.26 Å². The number of carbonyl (C=O) groups excluding carboxylic acids is 1. The zero-order chi connectivity index (χ0) is 20.9. The highest BCUT2D eigenvalue weighted by Gasteiger charge is 2.33. The van der Waals surface area contributed by atoms with Gasteiger partial charge in [-0.05, 0) is 41.0 Å². The van der Waals surface area contributed by atoms with Crippen LogP contribution in [-0.2, 0) is 11.3 Å². The molecule has 1 aromatic heterocycles. The number of amides is 1. The Labute approximate surface area is 169 Å². The third-order valence-corrected chi connectivity index (χ3v) is 5.56. The Balaban J connectivity index is 1.66. The van der Waals surface area contributed by atoms with Crippen LogP contribution in [-0.4, -0.2) is 49.5 Å². The molecule has 29 heavy (non-hydrogen) atoms. The number of alkyl halides is 3. The molecule has 0 unspecified atom stereocenters. The first-order valence-electron chi connectivity index (χ1n) is 9.10. The van der Waals surface area contributed by atoms with Crippen molar-refractivity contribution >= 4 is 17.7 Å². The van der Waals surface area contributed by atoms with Gasteiger partial charge in [-0.25, -0.2) is 4.68 Å². The number of halogens is 3. The molecule has 1 amide bonds. The molecule has 154 valence electrons. The van der Waals surface area contributed by atoms with E-state index in [0.29, 0.717) is 16.3 Å². The maximum atomic E-state index is 13.0. The predicted octanol–water partition coefficient (Wildman–Crippen LogP) is 3.34. The summed E-state index contributed by atoms with van der Waals surface area (Å²) in [7, 11) is 0. The molecule has 1 aliphatic carbocycles. The van der Waals surface area contributed by atoms with E-state index in [-0.39, 0.29) is 18.3 Å². The molecule has 11 heteroatoms. The van der Waals surface area contributed by atoms with Crippen LogP contribution < -0.4 is 0 Å². The smallest absolute Gasteiger partial charge is 0.329 e.